The maximum atomic E-state index is 11.6. The fourth-order valence-corrected chi connectivity index (χ4v) is 2.88. The van der Waals surface area contributed by atoms with Crippen LogP contribution < -0.4 is 0 Å². The molecule has 0 aromatic heterocycles. The lowest BCUT2D eigenvalue weighted by molar-refractivity contribution is -0.134. The van der Waals surface area contributed by atoms with Crippen molar-refractivity contribution in [2.75, 3.05) is 14.2 Å². The van der Waals surface area contributed by atoms with Crippen LogP contribution in [0.25, 0.3) is 29.0 Å². The van der Waals surface area contributed by atoms with Crippen molar-refractivity contribution in [1.82, 2.24) is 0 Å². The molecule has 0 aliphatic rings. The Hall–Kier alpha value is -3.59. The first-order valence-corrected chi connectivity index (χ1v) is 8.98. The van der Waals surface area contributed by atoms with E-state index >= 15 is 0 Å². The largest absolute Gasteiger partial charge is 0.496 e. The van der Waals surface area contributed by atoms with E-state index in [0.717, 1.165) is 16.7 Å². The molecule has 3 aromatic carbocycles. The molecule has 0 bridgehead atoms. The second-order valence-electron chi connectivity index (χ2n) is 6.14. The van der Waals surface area contributed by atoms with Gasteiger partial charge in [0.2, 0.25) is 0 Å². The third kappa shape index (κ3) is 4.77. The average Bonchev–Trinajstić information content (AvgIpc) is 2.77. The molecule has 140 valence electrons. The van der Waals surface area contributed by atoms with Gasteiger partial charge in [0.05, 0.1) is 20.3 Å². The van der Waals surface area contributed by atoms with E-state index in [1.807, 2.05) is 54.6 Å². The number of methoxy groups -OCH3 is 2. The number of hydrogen-bond donors (Lipinski definition) is 0. The Morgan fingerprint density at radius 2 is 1.36 bits per heavy atom. The molecule has 0 spiro atoms. The van der Waals surface area contributed by atoms with Crippen molar-refractivity contribution in [2.24, 2.45) is 0 Å². The molecule has 0 saturated heterocycles. The molecule has 0 heterocycles. The van der Waals surface area contributed by atoms with Gasteiger partial charge in [0.15, 0.2) is 0 Å². The Balaban J connectivity index is 1.85. The van der Waals surface area contributed by atoms with Gasteiger partial charge in [0.25, 0.3) is 0 Å². The van der Waals surface area contributed by atoms with Gasteiger partial charge in [-0.3, -0.25) is 0 Å². The Kier molecular flexibility index (Phi) is 6.42. The van der Waals surface area contributed by atoms with Crippen molar-refractivity contribution in [2.45, 2.75) is 0 Å². The van der Waals surface area contributed by atoms with Gasteiger partial charge < -0.3 is 9.47 Å². The third-order valence-corrected chi connectivity index (χ3v) is 4.37. The van der Waals surface area contributed by atoms with Gasteiger partial charge in [-0.1, -0.05) is 91.0 Å². The van der Waals surface area contributed by atoms with Gasteiger partial charge in [-0.25, -0.2) is 4.79 Å². The summed E-state index contributed by atoms with van der Waals surface area (Å²) in [6, 6.07) is 26.4. The quantitative estimate of drug-likeness (QED) is 0.242. The Morgan fingerprint density at radius 3 is 2.04 bits per heavy atom. The summed E-state index contributed by atoms with van der Waals surface area (Å²) in [6.07, 6.45) is 5.40. The molecule has 0 radical (unpaired) electrons. The molecule has 3 heteroatoms. The third-order valence-electron chi connectivity index (χ3n) is 4.37. The molecule has 28 heavy (non-hydrogen) atoms. The molecule has 0 atom stereocenters. The van der Waals surface area contributed by atoms with Crippen molar-refractivity contribution in [1.29, 1.82) is 0 Å². The van der Waals surface area contributed by atoms with Crippen LogP contribution in [0.1, 0.15) is 16.7 Å². The molecule has 3 rings (SSSR count). The number of benzene rings is 3. The lowest BCUT2D eigenvalue weighted by Crippen LogP contribution is -1.99. The van der Waals surface area contributed by atoms with Crippen LogP contribution >= 0.6 is 0 Å². The SMILES string of the molecule is COC(=O)/C=C(/OC)c1ccccc1/C=C\c1ccc(-c2ccccc2)cc1. The first-order valence-electron chi connectivity index (χ1n) is 8.98. The van der Waals surface area contributed by atoms with Gasteiger partial charge in [-0.05, 0) is 22.3 Å². The van der Waals surface area contributed by atoms with Crippen molar-refractivity contribution < 1.29 is 14.3 Å². The van der Waals surface area contributed by atoms with Crippen LogP contribution in [0.3, 0.4) is 0 Å². The van der Waals surface area contributed by atoms with Gasteiger partial charge >= 0.3 is 5.97 Å². The maximum absolute atomic E-state index is 11.6. The predicted molar refractivity (Wildman–Crippen MR) is 114 cm³/mol. The molecular formula is C25H22O3. The highest BCUT2D eigenvalue weighted by molar-refractivity contribution is 5.91. The van der Waals surface area contributed by atoms with Crippen LogP contribution in [0, 0.1) is 0 Å². The smallest absolute Gasteiger partial charge is 0.334 e. The standard InChI is InChI=1S/C25H22O3/c1-27-24(18-25(26)28-2)23-11-7-6-10-22(23)17-14-19-12-15-21(16-13-19)20-8-4-3-5-9-20/h3-18H,1-2H3/b17-14-,24-18+. The molecule has 0 aliphatic carbocycles. The van der Waals surface area contributed by atoms with Crippen molar-refractivity contribution >= 4 is 23.9 Å². The number of carbonyl (C=O) groups excluding carboxylic acids is 1. The maximum Gasteiger partial charge on any atom is 0.334 e. The first kappa shape index (κ1) is 19.2. The molecule has 3 nitrogen and oxygen atoms in total. The lowest BCUT2D eigenvalue weighted by atomic mass is 10.0. The molecular weight excluding hydrogens is 348 g/mol. The Bertz CT molecular complexity index is 984. The molecule has 0 saturated carbocycles. The minimum Gasteiger partial charge on any atom is -0.496 e. The summed E-state index contributed by atoms with van der Waals surface area (Å²) < 4.78 is 10.1. The van der Waals surface area contributed by atoms with Crippen LogP contribution in [0.4, 0.5) is 0 Å². The zero-order valence-electron chi connectivity index (χ0n) is 16.0. The highest BCUT2D eigenvalue weighted by Gasteiger charge is 2.08. The van der Waals surface area contributed by atoms with E-state index in [2.05, 4.69) is 36.4 Å². The second-order valence-corrected chi connectivity index (χ2v) is 6.14. The summed E-state index contributed by atoms with van der Waals surface area (Å²) in [7, 11) is 2.88. The molecule has 0 aliphatic heterocycles. The van der Waals surface area contributed by atoms with Gasteiger partial charge in [-0.2, -0.15) is 0 Å². The van der Waals surface area contributed by atoms with E-state index in [1.54, 1.807) is 0 Å². The summed E-state index contributed by atoms with van der Waals surface area (Å²) in [6.45, 7) is 0. The number of rotatable bonds is 6. The van der Waals surface area contributed by atoms with Crippen molar-refractivity contribution in [3.63, 3.8) is 0 Å². The van der Waals surface area contributed by atoms with E-state index in [1.165, 1.54) is 31.4 Å². The summed E-state index contributed by atoms with van der Waals surface area (Å²) in [4.78, 5) is 11.6. The zero-order chi connectivity index (χ0) is 19.8. The van der Waals surface area contributed by atoms with Crippen molar-refractivity contribution in [3.8, 4) is 11.1 Å². The summed E-state index contributed by atoms with van der Waals surface area (Å²) >= 11 is 0. The fraction of sp³-hybridized carbons (Fsp3) is 0.0800. The predicted octanol–water partition coefficient (Wildman–Crippen LogP) is 5.68. The van der Waals surface area contributed by atoms with Crippen LogP contribution in [-0.2, 0) is 14.3 Å². The molecule has 0 amide bonds. The molecule has 0 unspecified atom stereocenters. The number of ether oxygens (including phenoxy) is 2. The van der Waals surface area contributed by atoms with E-state index in [0.29, 0.717) is 5.76 Å². The summed E-state index contributed by atoms with van der Waals surface area (Å²) in [5.41, 5.74) is 5.24. The number of esters is 1. The van der Waals surface area contributed by atoms with E-state index < -0.39 is 5.97 Å². The summed E-state index contributed by atoms with van der Waals surface area (Å²) in [5.74, 6) is 0.0126. The molecule has 3 aromatic rings. The molecule has 0 fully saturated rings. The van der Waals surface area contributed by atoms with Crippen LogP contribution in [-0.4, -0.2) is 20.2 Å². The van der Waals surface area contributed by atoms with E-state index in [9.17, 15) is 4.79 Å². The minimum absolute atomic E-state index is 0.452. The Morgan fingerprint density at radius 1 is 0.714 bits per heavy atom. The van der Waals surface area contributed by atoms with Gasteiger partial charge in [-0.15, -0.1) is 0 Å². The molecule has 0 N–H and O–H groups in total. The second kappa shape index (κ2) is 9.38. The van der Waals surface area contributed by atoms with E-state index in [-0.39, 0.29) is 0 Å². The number of hydrogen-bond acceptors (Lipinski definition) is 3. The van der Waals surface area contributed by atoms with Gasteiger partial charge in [0, 0.05) is 5.56 Å². The zero-order valence-corrected chi connectivity index (χ0v) is 16.0. The van der Waals surface area contributed by atoms with Gasteiger partial charge in [0.1, 0.15) is 5.76 Å². The van der Waals surface area contributed by atoms with Crippen molar-refractivity contribution in [3.05, 3.63) is 102 Å². The normalized spacial score (nSPS) is 11.4. The highest BCUT2D eigenvalue weighted by atomic mass is 16.5. The first-order chi connectivity index (χ1) is 13.7. The highest BCUT2D eigenvalue weighted by Crippen LogP contribution is 2.23. The Labute approximate surface area is 165 Å². The van der Waals surface area contributed by atoms with Crippen LogP contribution in [0.2, 0.25) is 0 Å². The van der Waals surface area contributed by atoms with Crippen LogP contribution in [0.5, 0.6) is 0 Å². The topological polar surface area (TPSA) is 35.5 Å². The monoisotopic (exact) mass is 370 g/mol. The average molecular weight is 370 g/mol. The minimum atomic E-state index is -0.452. The van der Waals surface area contributed by atoms with E-state index in [4.69, 9.17) is 9.47 Å². The van der Waals surface area contributed by atoms with Crippen LogP contribution in [0.15, 0.2) is 84.9 Å². The fourth-order valence-electron chi connectivity index (χ4n) is 2.88. The summed E-state index contributed by atoms with van der Waals surface area (Å²) in [5, 5.41) is 0. The number of carbonyl (C=O) groups is 1. The lowest BCUT2D eigenvalue weighted by Gasteiger charge is -2.09.